The van der Waals surface area contributed by atoms with E-state index in [9.17, 15) is 0 Å². The molecule has 4 rings (SSSR count). The highest BCUT2D eigenvalue weighted by molar-refractivity contribution is 6.36. The number of fused-ring (bicyclic) bond motifs is 3. The third-order valence-corrected chi connectivity index (χ3v) is 4.39. The van der Waals surface area contributed by atoms with Gasteiger partial charge in [-0.2, -0.15) is 5.10 Å². The summed E-state index contributed by atoms with van der Waals surface area (Å²) in [7, 11) is 0. The summed E-state index contributed by atoms with van der Waals surface area (Å²) in [6.07, 6.45) is 2.54. The summed E-state index contributed by atoms with van der Waals surface area (Å²) in [5, 5.41) is 5.80. The Balaban J connectivity index is 1.73. The number of nitrogens with one attached hydrogen (secondary N) is 2. The van der Waals surface area contributed by atoms with Gasteiger partial charge in [-0.15, -0.1) is 0 Å². The first-order chi connectivity index (χ1) is 8.72. The zero-order valence-electron chi connectivity index (χ0n) is 10.0. The molecular formula is C13H16Cl2N3+. The Kier molecular flexibility index (Phi) is 3.46. The minimum absolute atomic E-state index is 0.612. The van der Waals surface area contributed by atoms with Crippen LogP contribution in [0.25, 0.3) is 0 Å². The Hall–Kier alpha value is -0.770. The summed E-state index contributed by atoms with van der Waals surface area (Å²) in [6, 6.07) is 5.41. The monoisotopic (exact) mass is 284 g/mol. The van der Waals surface area contributed by atoms with Gasteiger partial charge >= 0.3 is 0 Å². The normalized spacial score (nSPS) is 28.7. The van der Waals surface area contributed by atoms with Crippen LogP contribution in [0.4, 0.5) is 5.69 Å². The number of hydrazone groups is 1. The van der Waals surface area contributed by atoms with E-state index in [0.717, 1.165) is 12.2 Å². The molecule has 2 N–H and O–H groups in total. The van der Waals surface area contributed by atoms with Crippen LogP contribution in [0.2, 0.25) is 10.0 Å². The average Bonchev–Trinajstić information content (AvgIpc) is 2.39. The van der Waals surface area contributed by atoms with Crippen molar-refractivity contribution in [3.8, 4) is 0 Å². The first-order valence-electron chi connectivity index (χ1n) is 6.33. The Labute approximate surface area is 117 Å². The molecule has 96 valence electrons. The van der Waals surface area contributed by atoms with Gasteiger partial charge in [-0.1, -0.05) is 23.2 Å². The molecule has 0 aromatic heterocycles. The van der Waals surface area contributed by atoms with Crippen molar-refractivity contribution in [1.82, 2.24) is 0 Å². The maximum absolute atomic E-state index is 6.10. The van der Waals surface area contributed by atoms with Gasteiger partial charge in [-0.25, -0.2) is 0 Å². The minimum Gasteiger partial charge on any atom is -0.330 e. The molecule has 5 heteroatoms. The fraction of sp³-hybridized carbons (Fsp3) is 0.462. The number of hydrogen-bond acceptors (Lipinski definition) is 2. The van der Waals surface area contributed by atoms with Crippen molar-refractivity contribution < 1.29 is 4.90 Å². The fourth-order valence-corrected chi connectivity index (χ4v) is 3.23. The molecule has 3 nitrogen and oxygen atoms in total. The number of hydrogen-bond donors (Lipinski definition) is 2. The molecule has 0 atom stereocenters. The van der Waals surface area contributed by atoms with Crippen molar-refractivity contribution in [2.75, 3.05) is 25.1 Å². The van der Waals surface area contributed by atoms with Crippen LogP contribution >= 0.6 is 23.2 Å². The highest BCUT2D eigenvalue weighted by Crippen LogP contribution is 2.25. The summed E-state index contributed by atoms with van der Waals surface area (Å²) in [4.78, 5) is 1.65. The number of nitrogens with zero attached hydrogens (tertiary/aromatic N) is 1. The lowest BCUT2D eigenvalue weighted by atomic mass is 9.87. The maximum Gasteiger partial charge on any atom is 0.118 e. The van der Waals surface area contributed by atoms with E-state index in [1.807, 2.05) is 12.1 Å². The van der Waals surface area contributed by atoms with Gasteiger partial charge in [0.1, 0.15) is 6.54 Å². The van der Waals surface area contributed by atoms with Crippen LogP contribution in [0.15, 0.2) is 23.3 Å². The molecule has 3 aliphatic rings. The highest BCUT2D eigenvalue weighted by Gasteiger charge is 2.34. The van der Waals surface area contributed by atoms with Crippen molar-refractivity contribution in [3.63, 3.8) is 0 Å². The maximum atomic E-state index is 6.10. The smallest absolute Gasteiger partial charge is 0.118 e. The molecule has 3 aliphatic heterocycles. The second-order valence-electron chi connectivity index (χ2n) is 5.04. The zero-order valence-corrected chi connectivity index (χ0v) is 11.6. The van der Waals surface area contributed by atoms with Crippen LogP contribution < -0.4 is 10.3 Å². The molecule has 3 saturated heterocycles. The van der Waals surface area contributed by atoms with Crippen molar-refractivity contribution in [3.05, 3.63) is 28.2 Å². The molecule has 3 fully saturated rings. The van der Waals surface area contributed by atoms with Crippen LogP contribution in [0.5, 0.6) is 0 Å². The van der Waals surface area contributed by atoms with Crippen molar-refractivity contribution in [1.29, 1.82) is 0 Å². The van der Waals surface area contributed by atoms with Crippen LogP contribution in [0, 0.1) is 5.92 Å². The molecule has 2 bridgehead atoms. The van der Waals surface area contributed by atoms with E-state index in [1.54, 1.807) is 11.0 Å². The van der Waals surface area contributed by atoms with Crippen molar-refractivity contribution >= 4 is 34.6 Å². The predicted octanol–water partition coefficient (Wildman–Crippen LogP) is 2.07. The Morgan fingerprint density at radius 1 is 1.22 bits per heavy atom. The summed E-state index contributed by atoms with van der Waals surface area (Å²) >= 11 is 12.0. The lowest BCUT2D eigenvalue weighted by Gasteiger charge is -2.36. The molecule has 0 unspecified atom stereocenters. The Morgan fingerprint density at radius 2 is 2.00 bits per heavy atom. The van der Waals surface area contributed by atoms with E-state index < -0.39 is 0 Å². The number of benzene rings is 1. The van der Waals surface area contributed by atoms with Gasteiger partial charge in [0, 0.05) is 23.8 Å². The van der Waals surface area contributed by atoms with Gasteiger partial charge in [0.15, 0.2) is 0 Å². The summed E-state index contributed by atoms with van der Waals surface area (Å²) in [5.41, 5.74) is 5.18. The average molecular weight is 285 g/mol. The molecule has 0 radical (unpaired) electrons. The minimum atomic E-state index is 0.612. The van der Waals surface area contributed by atoms with Gasteiger partial charge in [-0.05, 0) is 18.2 Å². The van der Waals surface area contributed by atoms with Crippen molar-refractivity contribution in [2.24, 2.45) is 11.0 Å². The van der Waals surface area contributed by atoms with Gasteiger partial charge in [-0.3, -0.25) is 5.43 Å². The molecule has 3 heterocycles. The molecule has 0 aliphatic carbocycles. The molecule has 0 amide bonds. The predicted molar refractivity (Wildman–Crippen MR) is 75.8 cm³/mol. The van der Waals surface area contributed by atoms with Gasteiger partial charge in [0.05, 0.1) is 29.5 Å². The second-order valence-corrected chi connectivity index (χ2v) is 5.88. The van der Waals surface area contributed by atoms with Crippen LogP contribution in [-0.2, 0) is 0 Å². The molecule has 0 spiro atoms. The van der Waals surface area contributed by atoms with E-state index in [1.165, 1.54) is 31.6 Å². The third-order valence-electron chi connectivity index (χ3n) is 3.85. The van der Waals surface area contributed by atoms with E-state index in [-0.39, 0.29) is 0 Å². The van der Waals surface area contributed by atoms with Gasteiger partial charge in [0.25, 0.3) is 0 Å². The largest absolute Gasteiger partial charge is 0.330 e. The zero-order chi connectivity index (χ0) is 12.5. The SMILES string of the molecule is Clc1ccc(N/N=C2\C[NH+]3CCC2CC3)c(Cl)c1. The van der Waals surface area contributed by atoms with E-state index in [4.69, 9.17) is 23.2 Å². The lowest BCUT2D eigenvalue weighted by Crippen LogP contribution is -3.16. The molecule has 0 saturated carbocycles. The first-order valence-corrected chi connectivity index (χ1v) is 7.09. The Bertz CT molecular complexity index is 479. The van der Waals surface area contributed by atoms with E-state index in [0.29, 0.717) is 16.0 Å². The summed E-state index contributed by atoms with van der Waals surface area (Å²) in [5.74, 6) is 0.668. The van der Waals surface area contributed by atoms with E-state index in [2.05, 4.69) is 10.5 Å². The highest BCUT2D eigenvalue weighted by atomic mass is 35.5. The standard InChI is InChI=1S/C13H15Cl2N3/c14-10-1-2-12(11(15)7-10)16-17-13-8-18-5-3-9(13)4-6-18/h1-2,7,9,16H,3-6,8H2/p+1/b17-13+. The summed E-state index contributed by atoms with van der Waals surface area (Å²) in [6.45, 7) is 3.67. The number of anilines is 1. The number of rotatable bonds is 2. The molecular weight excluding hydrogens is 269 g/mol. The van der Waals surface area contributed by atoms with E-state index >= 15 is 0 Å². The van der Waals surface area contributed by atoms with Crippen molar-refractivity contribution in [2.45, 2.75) is 12.8 Å². The quantitative estimate of drug-likeness (QED) is 0.800. The van der Waals surface area contributed by atoms with Crippen LogP contribution in [0.1, 0.15) is 12.8 Å². The molecule has 1 aromatic carbocycles. The number of quaternary nitrogens is 1. The van der Waals surface area contributed by atoms with Gasteiger partial charge < -0.3 is 4.90 Å². The topological polar surface area (TPSA) is 28.8 Å². The van der Waals surface area contributed by atoms with Crippen LogP contribution in [0.3, 0.4) is 0 Å². The van der Waals surface area contributed by atoms with Crippen LogP contribution in [-0.4, -0.2) is 25.3 Å². The summed E-state index contributed by atoms with van der Waals surface area (Å²) < 4.78 is 0. The molecule has 18 heavy (non-hydrogen) atoms. The number of halogens is 2. The lowest BCUT2D eigenvalue weighted by molar-refractivity contribution is -0.902. The number of piperidine rings is 3. The van der Waals surface area contributed by atoms with Gasteiger partial charge in [0.2, 0.25) is 0 Å². The second kappa shape index (κ2) is 5.08. The Morgan fingerprint density at radius 3 is 2.61 bits per heavy atom. The third kappa shape index (κ3) is 2.48. The first kappa shape index (κ1) is 12.3. The fourth-order valence-electron chi connectivity index (χ4n) is 2.78. The molecule has 1 aromatic rings.